The number of aliphatic carboxylic acids is 1. The van der Waals surface area contributed by atoms with Gasteiger partial charge in [0.15, 0.2) is 5.72 Å². The summed E-state index contributed by atoms with van der Waals surface area (Å²) in [5.74, 6) is -2.38. The van der Waals surface area contributed by atoms with Crippen molar-refractivity contribution < 1.29 is 47.6 Å². The number of H-pyrrole nitrogens is 1. The number of hydrogen-bond acceptors (Lipinski definition) is 7. The van der Waals surface area contributed by atoms with E-state index in [1.165, 1.54) is 11.9 Å². The van der Waals surface area contributed by atoms with Gasteiger partial charge in [0, 0.05) is 36.3 Å². The number of nitrogens with zero attached hydrogens (tertiary/aromatic N) is 4. The molecule has 0 radical (unpaired) electrons. The second kappa shape index (κ2) is 12.2. The summed E-state index contributed by atoms with van der Waals surface area (Å²) in [7, 11) is 5.30. The van der Waals surface area contributed by atoms with E-state index in [2.05, 4.69) is 9.97 Å². The number of fused-ring (bicyclic) bond motifs is 2. The van der Waals surface area contributed by atoms with Gasteiger partial charge in [-0.15, -0.1) is 0 Å². The van der Waals surface area contributed by atoms with Gasteiger partial charge >= 0.3 is 18.2 Å². The summed E-state index contributed by atoms with van der Waals surface area (Å²) in [6.45, 7) is 1.20. The van der Waals surface area contributed by atoms with Gasteiger partial charge in [-0.2, -0.15) is 13.2 Å². The van der Waals surface area contributed by atoms with Gasteiger partial charge in [-0.3, -0.25) is 14.6 Å². The molecule has 1 aromatic heterocycles. The fourth-order valence-corrected chi connectivity index (χ4v) is 4.47. The predicted molar refractivity (Wildman–Crippen MR) is 153 cm³/mol. The molecule has 1 atom stereocenters. The number of ether oxygens (including phenoxy) is 1. The van der Waals surface area contributed by atoms with Gasteiger partial charge in [-0.05, 0) is 44.4 Å². The molecule has 4 N–H and O–H groups in total. The maximum atomic E-state index is 13.7. The van der Waals surface area contributed by atoms with Crippen molar-refractivity contribution in [3.8, 4) is 5.75 Å². The standard InChI is InChI=1S/C27H27N5O5.C2HF3O2/c1-30(2)13-14-37-19-8-6-7-18(16-19)32-24(33)20-9-4-5-10-21(20)27(32,36)17-11-12-22-23(15-17)29-25(28-22)31(3)26(34)35;3-2(4,5)1(6)7/h4-12,15-16,36H,13-14H2,1-3H3,(H,28,29)(H,34,35);(H,6,7). The number of imidazole rings is 1. The van der Waals surface area contributed by atoms with E-state index in [1.807, 2.05) is 25.1 Å². The molecule has 232 valence electrons. The molecule has 0 saturated carbocycles. The van der Waals surface area contributed by atoms with Crippen LogP contribution >= 0.6 is 0 Å². The maximum Gasteiger partial charge on any atom is 0.490 e. The number of carbonyl (C=O) groups excluding carboxylic acids is 1. The Labute approximate surface area is 248 Å². The number of carboxylic acid groups (broad SMARTS) is 2. The minimum atomic E-state index is -5.08. The molecule has 1 unspecified atom stereocenters. The zero-order valence-corrected chi connectivity index (χ0v) is 23.7. The van der Waals surface area contributed by atoms with E-state index >= 15 is 0 Å². The zero-order valence-electron chi connectivity index (χ0n) is 23.7. The first-order valence-electron chi connectivity index (χ1n) is 13.0. The molecular weight excluding hydrogens is 587 g/mol. The molecule has 44 heavy (non-hydrogen) atoms. The lowest BCUT2D eigenvalue weighted by atomic mass is 9.93. The minimum absolute atomic E-state index is 0.147. The number of carbonyl (C=O) groups is 3. The molecular formula is C29H28F3N5O7. The summed E-state index contributed by atoms with van der Waals surface area (Å²) in [4.78, 5) is 45.6. The number of anilines is 2. The number of nitrogens with one attached hydrogen (secondary N) is 1. The van der Waals surface area contributed by atoms with Gasteiger partial charge in [0.2, 0.25) is 5.95 Å². The zero-order chi connectivity index (χ0) is 32.4. The number of aromatic nitrogens is 2. The highest BCUT2D eigenvalue weighted by atomic mass is 19.4. The summed E-state index contributed by atoms with van der Waals surface area (Å²) < 4.78 is 37.6. The van der Waals surface area contributed by atoms with Crippen molar-refractivity contribution in [3.05, 3.63) is 83.4 Å². The van der Waals surface area contributed by atoms with Crippen LogP contribution in [0.4, 0.5) is 29.6 Å². The molecule has 0 aliphatic carbocycles. The number of benzene rings is 3. The quantitative estimate of drug-likeness (QED) is 0.240. The molecule has 4 aromatic rings. The number of rotatable bonds is 7. The monoisotopic (exact) mass is 615 g/mol. The summed E-state index contributed by atoms with van der Waals surface area (Å²) in [5.41, 5.74) is 0.948. The SMILES string of the molecule is CN(C)CCOc1cccc(N2C(=O)c3ccccc3C2(O)c2ccc3nc(N(C)C(=O)O)[nH]c3c2)c1.O=C(O)C(F)(F)F. The number of aliphatic hydroxyl groups is 1. The van der Waals surface area contributed by atoms with Crippen LogP contribution < -0.4 is 14.5 Å². The van der Waals surface area contributed by atoms with Crippen molar-refractivity contribution >= 4 is 40.6 Å². The van der Waals surface area contributed by atoms with Crippen molar-refractivity contribution in [3.63, 3.8) is 0 Å². The second-order valence-corrected chi connectivity index (χ2v) is 9.94. The van der Waals surface area contributed by atoms with Crippen molar-refractivity contribution in [1.82, 2.24) is 14.9 Å². The third-order valence-corrected chi connectivity index (χ3v) is 6.66. The van der Waals surface area contributed by atoms with Crippen molar-refractivity contribution in [2.45, 2.75) is 11.9 Å². The molecule has 2 heterocycles. The summed E-state index contributed by atoms with van der Waals surface area (Å²) in [6.07, 6.45) is -6.24. The van der Waals surface area contributed by atoms with Crippen LogP contribution in [-0.2, 0) is 10.5 Å². The van der Waals surface area contributed by atoms with E-state index in [0.29, 0.717) is 45.8 Å². The molecule has 15 heteroatoms. The fourth-order valence-electron chi connectivity index (χ4n) is 4.47. The number of aromatic amines is 1. The van der Waals surface area contributed by atoms with Crippen LogP contribution in [-0.4, -0.2) is 88.6 Å². The Balaban J connectivity index is 0.000000566. The highest BCUT2D eigenvalue weighted by Crippen LogP contribution is 2.46. The van der Waals surface area contributed by atoms with Gasteiger partial charge in [0.25, 0.3) is 5.91 Å². The summed E-state index contributed by atoms with van der Waals surface area (Å²) >= 11 is 0. The van der Waals surface area contributed by atoms with Crippen LogP contribution in [0.3, 0.4) is 0 Å². The lowest BCUT2D eigenvalue weighted by Gasteiger charge is -2.35. The maximum absolute atomic E-state index is 13.7. The normalized spacial score (nSPS) is 16.0. The van der Waals surface area contributed by atoms with E-state index in [-0.39, 0.29) is 11.9 Å². The molecule has 12 nitrogen and oxygen atoms in total. The van der Waals surface area contributed by atoms with Gasteiger partial charge in [0.1, 0.15) is 12.4 Å². The Morgan fingerprint density at radius 1 is 1.02 bits per heavy atom. The molecule has 1 aliphatic rings. The average molecular weight is 616 g/mol. The molecule has 2 amide bonds. The third-order valence-electron chi connectivity index (χ3n) is 6.66. The number of halogens is 3. The first kappa shape index (κ1) is 31.8. The van der Waals surface area contributed by atoms with E-state index in [4.69, 9.17) is 14.6 Å². The molecule has 0 saturated heterocycles. The Bertz CT molecular complexity index is 1710. The predicted octanol–water partition coefficient (Wildman–Crippen LogP) is 4.10. The Kier molecular flexibility index (Phi) is 8.83. The lowest BCUT2D eigenvalue weighted by molar-refractivity contribution is -0.192. The summed E-state index contributed by atoms with van der Waals surface area (Å²) in [6, 6.07) is 19.1. The lowest BCUT2D eigenvalue weighted by Crippen LogP contribution is -2.45. The van der Waals surface area contributed by atoms with Gasteiger partial charge in [-0.1, -0.05) is 30.3 Å². The average Bonchev–Trinajstić information content (AvgIpc) is 3.49. The van der Waals surface area contributed by atoms with Crippen LogP contribution in [0, 0.1) is 0 Å². The highest BCUT2D eigenvalue weighted by molar-refractivity contribution is 6.12. The Hall–Kier alpha value is -5.15. The van der Waals surface area contributed by atoms with E-state index < -0.39 is 24.0 Å². The first-order valence-corrected chi connectivity index (χ1v) is 13.0. The number of amides is 2. The van der Waals surface area contributed by atoms with E-state index in [0.717, 1.165) is 11.4 Å². The fraction of sp³-hybridized carbons (Fsp3) is 0.241. The number of carboxylic acids is 1. The first-order chi connectivity index (χ1) is 20.6. The number of alkyl halides is 3. The molecule has 0 bridgehead atoms. The Morgan fingerprint density at radius 2 is 1.70 bits per heavy atom. The largest absolute Gasteiger partial charge is 0.492 e. The van der Waals surface area contributed by atoms with E-state index in [9.17, 15) is 33.0 Å². The highest BCUT2D eigenvalue weighted by Gasteiger charge is 2.50. The second-order valence-electron chi connectivity index (χ2n) is 9.94. The van der Waals surface area contributed by atoms with Crippen LogP contribution in [0.25, 0.3) is 11.0 Å². The van der Waals surface area contributed by atoms with Crippen LogP contribution in [0.15, 0.2) is 66.7 Å². The van der Waals surface area contributed by atoms with Gasteiger partial charge in [0.05, 0.1) is 16.7 Å². The molecule has 3 aromatic carbocycles. The third kappa shape index (κ3) is 6.28. The molecule has 1 aliphatic heterocycles. The smallest absolute Gasteiger partial charge is 0.490 e. The molecule has 0 spiro atoms. The minimum Gasteiger partial charge on any atom is -0.492 e. The van der Waals surface area contributed by atoms with Crippen LogP contribution in [0.1, 0.15) is 21.5 Å². The van der Waals surface area contributed by atoms with Gasteiger partial charge < -0.3 is 29.9 Å². The van der Waals surface area contributed by atoms with Crippen molar-refractivity contribution in [1.29, 1.82) is 0 Å². The van der Waals surface area contributed by atoms with Crippen molar-refractivity contribution in [2.75, 3.05) is 44.1 Å². The van der Waals surface area contributed by atoms with Crippen LogP contribution in [0.2, 0.25) is 0 Å². The van der Waals surface area contributed by atoms with Crippen molar-refractivity contribution in [2.24, 2.45) is 0 Å². The Morgan fingerprint density at radius 3 is 2.34 bits per heavy atom. The van der Waals surface area contributed by atoms with Gasteiger partial charge in [-0.25, -0.2) is 14.6 Å². The number of likely N-dealkylation sites (N-methyl/N-ethyl adjacent to an activating group) is 1. The molecule has 0 fully saturated rings. The molecule has 5 rings (SSSR count). The summed E-state index contributed by atoms with van der Waals surface area (Å²) in [5, 5.41) is 28.7. The van der Waals surface area contributed by atoms with Crippen LogP contribution in [0.5, 0.6) is 5.75 Å². The topological polar surface area (TPSA) is 160 Å². The van der Waals surface area contributed by atoms with E-state index in [1.54, 1.807) is 60.7 Å². The number of hydrogen-bond donors (Lipinski definition) is 4.